The average Bonchev–Trinajstić information content (AvgIpc) is 2.36. The Morgan fingerprint density at radius 1 is 1.12 bits per heavy atom. The Labute approximate surface area is 106 Å². The third kappa shape index (κ3) is 4.01. The molecule has 100 valence electrons. The van der Waals surface area contributed by atoms with Gasteiger partial charge in [-0.25, -0.2) is 0 Å². The highest BCUT2D eigenvalue weighted by Crippen LogP contribution is 2.41. The van der Waals surface area contributed by atoms with Crippen molar-refractivity contribution in [3.8, 4) is 0 Å². The first-order chi connectivity index (χ1) is 8.29. The van der Waals surface area contributed by atoms with Crippen LogP contribution in [0.2, 0.25) is 0 Å². The van der Waals surface area contributed by atoms with Gasteiger partial charge in [-0.05, 0) is 44.4 Å². The Hall–Kier alpha value is -0.530. The molecule has 0 N–H and O–H groups in total. The van der Waals surface area contributed by atoms with E-state index in [0.29, 0.717) is 12.4 Å². The zero-order valence-electron chi connectivity index (χ0n) is 11.5. The Morgan fingerprint density at radius 2 is 1.82 bits per heavy atom. The number of rotatable bonds is 8. The maximum atomic E-state index is 10.8. The minimum absolute atomic E-state index is 0.120. The molecule has 2 heteroatoms. The number of hydrogen-bond acceptors (Lipinski definition) is 2. The summed E-state index contributed by atoms with van der Waals surface area (Å²) in [6.45, 7) is 5.16. The van der Waals surface area contributed by atoms with Gasteiger partial charge in [-0.3, -0.25) is 4.79 Å². The van der Waals surface area contributed by atoms with Crippen LogP contribution in [0.4, 0.5) is 0 Å². The van der Waals surface area contributed by atoms with E-state index in [2.05, 4.69) is 13.8 Å². The lowest BCUT2D eigenvalue weighted by atomic mass is 9.72. The molecular weight excluding hydrogens is 212 g/mol. The van der Waals surface area contributed by atoms with Crippen molar-refractivity contribution in [1.29, 1.82) is 0 Å². The molecule has 1 saturated carbocycles. The van der Waals surface area contributed by atoms with Gasteiger partial charge >= 0.3 is 0 Å². The van der Waals surface area contributed by atoms with E-state index in [4.69, 9.17) is 4.74 Å². The summed E-state index contributed by atoms with van der Waals surface area (Å²) in [5.74, 6) is 0.581. The Kier molecular flexibility index (Phi) is 6.61. The lowest BCUT2D eigenvalue weighted by Crippen LogP contribution is -2.42. The van der Waals surface area contributed by atoms with Crippen LogP contribution in [0, 0.1) is 5.92 Å². The van der Waals surface area contributed by atoms with Crippen molar-refractivity contribution in [2.24, 2.45) is 5.92 Å². The van der Waals surface area contributed by atoms with Crippen LogP contribution in [-0.2, 0) is 9.53 Å². The smallest absolute Gasteiger partial charge is 0.293 e. The lowest BCUT2D eigenvalue weighted by molar-refractivity contribution is -0.156. The van der Waals surface area contributed by atoms with Crippen molar-refractivity contribution in [2.45, 2.75) is 83.7 Å². The fraction of sp³-hybridized carbons (Fsp3) is 0.933. The van der Waals surface area contributed by atoms with Gasteiger partial charge in [-0.15, -0.1) is 0 Å². The molecule has 1 aliphatic rings. The third-order valence-corrected chi connectivity index (χ3v) is 4.27. The molecule has 0 radical (unpaired) electrons. The molecule has 0 saturated heterocycles. The second-order valence-electron chi connectivity index (χ2n) is 5.47. The van der Waals surface area contributed by atoms with Crippen molar-refractivity contribution in [3.05, 3.63) is 0 Å². The van der Waals surface area contributed by atoms with Crippen molar-refractivity contribution >= 4 is 6.47 Å². The highest BCUT2D eigenvalue weighted by molar-refractivity contribution is 5.38. The zero-order chi connectivity index (χ0) is 12.6. The second-order valence-corrected chi connectivity index (χ2v) is 5.47. The van der Waals surface area contributed by atoms with E-state index in [1.54, 1.807) is 0 Å². The van der Waals surface area contributed by atoms with Crippen LogP contribution in [-0.4, -0.2) is 12.1 Å². The first-order valence-corrected chi connectivity index (χ1v) is 7.40. The van der Waals surface area contributed by atoms with Crippen LogP contribution < -0.4 is 0 Å². The van der Waals surface area contributed by atoms with Gasteiger partial charge in [0.1, 0.15) is 5.60 Å². The Balaban J connectivity index is 2.70. The normalized spacial score (nSPS) is 20.8. The minimum Gasteiger partial charge on any atom is -0.461 e. The first kappa shape index (κ1) is 14.5. The number of carbonyl (C=O) groups excluding carboxylic acids is 1. The topological polar surface area (TPSA) is 26.3 Å². The number of unbranched alkanes of at least 4 members (excludes halogenated alkanes) is 1. The monoisotopic (exact) mass is 240 g/mol. The predicted molar refractivity (Wildman–Crippen MR) is 70.9 cm³/mol. The van der Waals surface area contributed by atoms with E-state index in [1.165, 1.54) is 51.4 Å². The van der Waals surface area contributed by atoms with E-state index in [9.17, 15) is 4.79 Å². The standard InChI is InChI=1S/C15H28O2/c1-3-5-10-14(9-4-2)15(17-13-16)11-7-6-8-12-15/h13-14H,3-12H2,1-2H3. The highest BCUT2D eigenvalue weighted by Gasteiger charge is 2.40. The van der Waals surface area contributed by atoms with Crippen LogP contribution in [0.3, 0.4) is 0 Å². The number of hydrogen-bond donors (Lipinski definition) is 0. The largest absolute Gasteiger partial charge is 0.461 e. The molecule has 0 aromatic carbocycles. The van der Waals surface area contributed by atoms with E-state index < -0.39 is 0 Å². The van der Waals surface area contributed by atoms with Crippen LogP contribution in [0.15, 0.2) is 0 Å². The van der Waals surface area contributed by atoms with E-state index in [-0.39, 0.29) is 5.60 Å². The molecule has 1 fully saturated rings. The van der Waals surface area contributed by atoms with Gasteiger partial charge in [-0.1, -0.05) is 39.5 Å². The van der Waals surface area contributed by atoms with Crippen LogP contribution in [0.1, 0.15) is 78.1 Å². The molecular formula is C15H28O2. The molecule has 0 bridgehead atoms. The maximum absolute atomic E-state index is 10.8. The summed E-state index contributed by atoms with van der Waals surface area (Å²) in [6, 6.07) is 0. The summed E-state index contributed by atoms with van der Waals surface area (Å²) in [7, 11) is 0. The van der Waals surface area contributed by atoms with E-state index in [0.717, 1.165) is 12.8 Å². The fourth-order valence-electron chi connectivity index (χ4n) is 3.34. The third-order valence-electron chi connectivity index (χ3n) is 4.27. The predicted octanol–water partition coefficient (Wildman–Crippen LogP) is 4.47. The summed E-state index contributed by atoms with van der Waals surface area (Å²) in [5.41, 5.74) is -0.120. The fourth-order valence-corrected chi connectivity index (χ4v) is 3.34. The van der Waals surface area contributed by atoms with Gasteiger partial charge in [-0.2, -0.15) is 0 Å². The number of carbonyl (C=O) groups is 1. The maximum Gasteiger partial charge on any atom is 0.293 e. The van der Waals surface area contributed by atoms with Crippen LogP contribution in [0.25, 0.3) is 0 Å². The SMILES string of the molecule is CCCCC(CCC)C1(OC=O)CCCCC1. The molecule has 0 amide bonds. The molecule has 0 heterocycles. The van der Waals surface area contributed by atoms with Gasteiger partial charge in [0.15, 0.2) is 0 Å². The highest BCUT2D eigenvalue weighted by atomic mass is 16.5. The second kappa shape index (κ2) is 7.73. The molecule has 1 aliphatic carbocycles. The molecule has 2 nitrogen and oxygen atoms in total. The van der Waals surface area contributed by atoms with Gasteiger partial charge in [0, 0.05) is 0 Å². The lowest BCUT2D eigenvalue weighted by Gasteiger charge is -2.42. The van der Waals surface area contributed by atoms with Crippen molar-refractivity contribution in [3.63, 3.8) is 0 Å². The molecule has 1 unspecified atom stereocenters. The van der Waals surface area contributed by atoms with Crippen LogP contribution in [0.5, 0.6) is 0 Å². The molecule has 0 spiro atoms. The summed E-state index contributed by atoms with van der Waals surface area (Å²) >= 11 is 0. The van der Waals surface area contributed by atoms with E-state index in [1.807, 2.05) is 0 Å². The van der Waals surface area contributed by atoms with Gasteiger partial charge in [0.05, 0.1) is 0 Å². The zero-order valence-corrected chi connectivity index (χ0v) is 11.5. The summed E-state index contributed by atoms with van der Waals surface area (Å²) in [4.78, 5) is 10.8. The quantitative estimate of drug-likeness (QED) is 0.585. The first-order valence-electron chi connectivity index (χ1n) is 7.40. The molecule has 1 atom stereocenters. The van der Waals surface area contributed by atoms with Crippen molar-refractivity contribution in [1.82, 2.24) is 0 Å². The van der Waals surface area contributed by atoms with Gasteiger partial charge in [0.2, 0.25) is 0 Å². The number of ether oxygens (including phenoxy) is 1. The van der Waals surface area contributed by atoms with Crippen LogP contribution >= 0.6 is 0 Å². The van der Waals surface area contributed by atoms with Crippen molar-refractivity contribution < 1.29 is 9.53 Å². The Bertz CT molecular complexity index is 207. The average molecular weight is 240 g/mol. The minimum atomic E-state index is -0.120. The summed E-state index contributed by atoms with van der Waals surface area (Å²) < 4.78 is 5.60. The molecule has 0 aromatic rings. The summed E-state index contributed by atoms with van der Waals surface area (Å²) in [6.07, 6.45) is 12.0. The van der Waals surface area contributed by atoms with Crippen molar-refractivity contribution in [2.75, 3.05) is 0 Å². The van der Waals surface area contributed by atoms with Gasteiger partial charge < -0.3 is 4.74 Å². The molecule has 0 aromatic heterocycles. The van der Waals surface area contributed by atoms with Gasteiger partial charge in [0.25, 0.3) is 6.47 Å². The molecule has 17 heavy (non-hydrogen) atoms. The molecule has 0 aliphatic heterocycles. The molecule has 1 rings (SSSR count). The van der Waals surface area contributed by atoms with E-state index >= 15 is 0 Å². The summed E-state index contributed by atoms with van der Waals surface area (Å²) in [5, 5.41) is 0. The Morgan fingerprint density at radius 3 is 2.35 bits per heavy atom.